The molecule has 0 spiro atoms. The monoisotopic (exact) mass is 253 g/mol. The van der Waals surface area contributed by atoms with Gasteiger partial charge in [0, 0.05) is 14.2 Å². The predicted molar refractivity (Wildman–Crippen MR) is 64.6 cm³/mol. The topological polar surface area (TPSA) is 97.3 Å². The number of hydrogen-bond acceptors (Lipinski definition) is 7. The Hall–Kier alpha value is -2.09. The highest BCUT2D eigenvalue weighted by Gasteiger charge is 2.15. The van der Waals surface area contributed by atoms with E-state index >= 15 is 0 Å². The minimum absolute atomic E-state index is 0.197. The normalized spacial score (nSPS) is 10.8. The van der Waals surface area contributed by atoms with Gasteiger partial charge in [-0.25, -0.2) is 0 Å². The van der Waals surface area contributed by atoms with Gasteiger partial charge in [0.25, 0.3) is 6.01 Å². The number of nitrogens with two attached hydrogens (primary N) is 1. The molecule has 2 rings (SSSR count). The third kappa shape index (κ3) is 2.14. The molecule has 8 heteroatoms. The van der Waals surface area contributed by atoms with Gasteiger partial charge in [-0.2, -0.15) is 15.0 Å². The zero-order valence-electron chi connectivity index (χ0n) is 10.5. The lowest BCUT2D eigenvalue weighted by Gasteiger charge is -2.04. The maximum absolute atomic E-state index is 5.80. The van der Waals surface area contributed by atoms with Gasteiger partial charge in [-0.3, -0.25) is 4.57 Å². The number of hydrogen-bond donors (Lipinski definition) is 1. The summed E-state index contributed by atoms with van der Waals surface area (Å²) in [6.07, 6.45) is 0. The minimum atomic E-state index is 0.197. The van der Waals surface area contributed by atoms with E-state index in [2.05, 4.69) is 15.0 Å². The molecule has 2 N–H and O–H groups in total. The lowest BCUT2D eigenvalue weighted by atomic mass is 10.5. The molecule has 2 heterocycles. The first-order chi connectivity index (χ1) is 8.67. The van der Waals surface area contributed by atoms with Crippen molar-refractivity contribution in [1.82, 2.24) is 19.5 Å². The smallest absolute Gasteiger partial charge is 0.320 e. The quantitative estimate of drug-likeness (QED) is 0.748. The Labute approximate surface area is 104 Å². The summed E-state index contributed by atoms with van der Waals surface area (Å²) in [5.74, 6) is 0.256. The number of aromatic nitrogens is 4. The number of nitrogens with zero attached hydrogens (tertiary/aromatic N) is 4. The molecule has 0 bridgehead atoms. The molecule has 98 valence electrons. The molecule has 0 fully saturated rings. The van der Waals surface area contributed by atoms with E-state index in [1.54, 1.807) is 18.7 Å². The molecule has 2 aromatic rings. The van der Waals surface area contributed by atoms with Crippen LogP contribution in [-0.4, -0.2) is 47.0 Å². The van der Waals surface area contributed by atoms with Gasteiger partial charge >= 0.3 is 6.01 Å². The van der Waals surface area contributed by atoms with Crippen LogP contribution in [0.5, 0.6) is 12.0 Å². The summed E-state index contributed by atoms with van der Waals surface area (Å²) in [5.41, 5.74) is 6.86. The minimum Gasteiger partial charge on any atom is -0.468 e. The van der Waals surface area contributed by atoms with Crippen LogP contribution in [0.4, 0.5) is 5.82 Å². The summed E-state index contributed by atoms with van der Waals surface area (Å²) in [6.45, 7) is 0.812. The first-order valence-corrected chi connectivity index (χ1v) is 5.33. The molecule has 0 amide bonds. The van der Waals surface area contributed by atoms with Crippen LogP contribution in [0, 0.1) is 0 Å². The summed E-state index contributed by atoms with van der Waals surface area (Å²) in [6, 6.07) is 0.614. The molecule has 0 aliphatic heterocycles. The summed E-state index contributed by atoms with van der Waals surface area (Å²) >= 11 is 0. The molecule has 0 aromatic carbocycles. The molecule has 0 atom stereocenters. The SMILES string of the molecule is COCCOc1nc(N)c2nc(OC)n(C)c2n1. The first-order valence-electron chi connectivity index (χ1n) is 5.33. The van der Waals surface area contributed by atoms with Crippen molar-refractivity contribution >= 4 is 17.0 Å². The van der Waals surface area contributed by atoms with Crippen LogP contribution in [0.25, 0.3) is 11.2 Å². The molecule has 0 aliphatic carbocycles. The summed E-state index contributed by atoms with van der Waals surface area (Å²) in [4.78, 5) is 12.4. The van der Waals surface area contributed by atoms with Gasteiger partial charge in [-0.1, -0.05) is 0 Å². The van der Waals surface area contributed by atoms with Crippen molar-refractivity contribution in [3.8, 4) is 12.0 Å². The number of aryl methyl sites for hydroxylation is 1. The van der Waals surface area contributed by atoms with Crippen molar-refractivity contribution < 1.29 is 14.2 Å². The molecule has 0 aliphatic rings. The lowest BCUT2D eigenvalue weighted by molar-refractivity contribution is 0.141. The molecular weight excluding hydrogens is 238 g/mol. The van der Waals surface area contributed by atoms with Gasteiger partial charge in [0.2, 0.25) is 0 Å². The second kappa shape index (κ2) is 5.05. The number of fused-ring (bicyclic) bond motifs is 1. The van der Waals surface area contributed by atoms with Gasteiger partial charge in [0.05, 0.1) is 13.7 Å². The molecule has 0 saturated heterocycles. The fourth-order valence-corrected chi connectivity index (χ4v) is 1.50. The van der Waals surface area contributed by atoms with Crippen LogP contribution in [-0.2, 0) is 11.8 Å². The van der Waals surface area contributed by atoms with Crippen molar-refractivity contribution in [3.05, 3.63) is 0 Å². The Morgan fingerprint density at radius 2 is 1.94 bits per heavy atom. The second-order valence-electron chi connectivity index (χ2n) is 3.56. The van der Waals surface area contributed by atoms with Gasteiger partial charge in [-0.05, 0) is 0 Å². The van der Waals surface area contributed by atoms with E-state index < -0.39 is 0 Å². The molecule has 2 aromatic heterocycles. The maximum Gasteiger partial charge on any atom is 0.320 e. The molecular formula is C10H15N5O3. The Morgan fingerprint density at radius 1 is 1.17 bits per heavy atom. The Morgan fingerprint density at radius 3 is 2.61 bits per heavy atom. The number of methoxy groups -OCH3 is 2. The van der Waals surface area contributed by atoms with E-state index in [0.29, 0.717) is 30.4 Å². The highest BCUT2D eigenvalue weighted by Crippen LogP contribution is 2.23. The number of imidazole rings is 1. The Kier molecular flexibility index (Phi) is 3.47. The van der Waals surface area contributed by atoms with Gasteiger partial charge in [0.15, 0.2) is 17.0 Å². The maximum atomic E-state index is 5.80. The average molecular weight is 253 g/mol. The third-order valence-electron chi connectivity index (χ3n) is 2.39. The number of nitrogen functional groups attached to an aromatic ring is 1. The van der Waals surface area contributed by atoms with Crippen molar-refractivity contribution in [1.29, 1.82) is 0 Å². The number of anilines is 1. The van der Waals surface area contributed by atoms with E-state index in [9.17, 15) is 0 Å². The van der Waals surface area contributed by atoms with Crippen LogP contribution in [0.3, 0.4) is 0 Å². The second-order valence-corrected chi connectivity index (χ2v) is 3.56. The molecule has 0 unspecified atom stereocenters. The molecule has 0 saturated carbocycles. The van der Waals surface area contributed by atoms with E-state index in [-0.39, 0.29) is 11.8 Å². The standard InChI is InChI=1S/C10H15N5O3/c1-15-8-6(12-10(15)17-3)7(11)13-9(14-8)18-5-4-16-2/h4-5H2,1-3H3,(H2,11,13,14). The van der Waals surface area contributed by atoms with Gasteiger partial charge in [0.1, 0.15) is 6.61 Å². The van der Waals surface area contributed by atoms with Crippen LogP contribution in [0.1, 0.15) is 0 Å². The van der Waals surface area contributed by atoms with Crippen LogP contribution in [0.15, 0.2) is 0 Å². The zero-order valence-corrected chi connectivity index (χ0v) is 10.5. The molecule has 18 heavy (non-hydrogen) atoms. The van der Waals surface area contributed by atoms with E-state index in [1.807, 2.05) is 0 Å². The van der Waals surface area contributed by atoms with Crippen LogP contribution >= 0.6 is 0 Å². The number of ether oxygens (including phenoxy) is 3. The Balaban J connectivity index is 2.37. The fraction of sp³-hybridized carbons (Fsp3) is 0.500. The molecule has 0 radical (unpaired) electrons. The highest BCUT2D eigenvalue weighted by atomic mass is 16.5. The largest absolute Gasteiger partial charge is 0.468 e. The van der Waals surface area contributed by atoms with Crippen LogP contribution in [0.2, 0.25) is 0 Å². The third-order valence-corrected chi connectivity index (χ3v) is 2.39. The first kappa shape index (κ1) is 12.4. The van der Waals surface area contributed by atoms with Gasteiger partial charge < -0.3 is 19.9 Å². The van der Waals surface area contributed by atoms with Crippen molar-refractivity contribution in [2.75, 3.05) is 33.2 Å². The highest BCUT2D eigenvalue weighted by molar-refractivity contribution is 5.83. The summed E-state index contributed by atoms with van der Waals surface area (Å²) in [5, 5.41) is 0. The van der Waals surface area contributed by atoms with E-state index in [0.717, 1.165) is 0 Å². The average Bonchev–Trinajstić information content (AvgIpc) is 2.68. The van der Waals surface area contributed by atoms with E-state index in [1.165, 1.54) is 7.11 Å². The number of rotatable bonds is 5. The predicted octanol–water partition coefficient (Wildman–Crippen LogP) is -0.0207. The summed E-state index contributed by atoms with van der Waals surface area (Å²) in [7, 11) is 4.90. The molecule has 8 nitrogen and oxygen atoms in total. The fourth-order valence-electron chi connectivity index (χ4n) is 1.50. The van der Waals surface area contributed by atoms with Crippen molar-refractivity contribution in [3.63, 3.8) is 0 Å². The lowest BCUT2D eigenvalue weighted by Crippen LogP contribution is -2.08. The van der Waals surface area contributed by atoms with Crippen LogP contribution < -0.4 is 15.2 Å². The summed E-state index contributed by atoms with van der Waals surface area (Å²) < 4.78 is 17.0. The van der Waals surface area contributed by atoms with Gasteiger partial charge in [-0.15, -0.1) is 0 Å². The van der Waals surface area contributed by atoms with Crippen molar-refractivity contribution in [2.24, 2.45) is 7.05 Å². The van der Waals surface area contributed by atoms with Crippen molar-refractivity contribution in [2.45, 2.75) is 0 Å². The van der Waals surface area contributed by atoms with E-state index in [4.69, 9.17) is 19.9 Å². The Bertz CT molecular complexity index is 554. The zero-order chi connectivity index (χ0) is 13.1.